The summed E-state index contributed by atoms with van der Waals surface area (Å²) in [5.41, 5.74) is 3.42. The summed E-state index contributed by atoms with van der Waals surface area (Å²) in [6.45, 7) is 5.89. The van der Waals surface area contributed by atoms with E-state index in [1.54, 1.807) is 0 Å². The van der Waals surface area contributed by atoms with Crippen LogP contribution in [0.5, 0.6) is 6.01 Å². The summed E-state index contributed by atoms with van der Waals surface area (Å²) in [7, 11) is 2.17. The number of piperidine rings is 1. The first-order valence-electron chi connectivity index (χ1n) is 14.1. The minimum Gasteiger partial charge on any atom is -0.462 e. The van der Waals surface area contributed by atoms with Crippen LogP contribution in [-0.2, 0) is 13.0 Å². The van der Waals surface area contributed by atoms with Gasteiger partial charge in [0.15, 0.2) is 6.19 Å². The summed E-state index contributed by atoms with van der Waals surface area (Å²) in [4.78, 5) is 17.2. The number of likely N-dealkylation sites (tertiary alicyclic amines) is 1. The van der Waals surface area contributed by atoms with E-state index in [4.69, 9.17) is 31.6 Å². The molecule has 2 aromatic carbocycles. The van der Waals surface area contributed by atoms with Crippen molar-refractivity contribution in [2.45, 2.75) is 44.7 Å². The Morgan fingerprint density at radius 2 is 1.87 bits per heavy atom. The van der Waals surface area contributed by atoms with Gasteiger partial charge in [-0.2, -0.15) is 15.2 Å². The Morgan fingerprint density at radius 3 is 2.64 bits per heavy atom. The van der Waals surface area contributed by atoms with Crippen molar-refractivity contribution in [3.05, 3.63) is 52.7 Å². The summed E-state index contributed by atoms with van der Waals surface area (Å²) in [6, 6.07) is 13.4. The SMILES string of the molecule is CN1CCC[C@H]1COc1nc2c(c(N3CCC(CNC#N)CC3)n1)CCN(c1cccc3cccc(Cl)c13)C2. The number of ether oxygens (including phenoxy) is 1. The number of fused-ring (bicyclic) bond motifs is 2. The average Bonchev–Trinajstić information content (AvgIpc) is 3.38. The first-order chi connectivity index (χ1) is 19.1. The van der Waals surface area contributed by atoms with Crippen molar-refractivity contribution in [1.82, 2.24) is 20.2 Å². The predicted octanol–water partition coefficient (Wildman–Crippen LogP) is 4.61. The van der Waals surface area contributed by atoms with Gasteiger partial charge in [0.1, 0.15) is 12.4 Å². The molecule has 9 heteroatoms. The van der Waals surface area contributed by atoms with Crippen molar-refractivity contribution in [3.63, 3.8) is 0 Å². The van der Waals surface area contributed by atoms with Gasteiger partial charge in [-0.1, -0.05) is 35.9 Å². The number of hydrogen-bond acceptors (Lipinski definition) is 8. The molecule has 3 aliphatic rings. The Balaban J connectivity index is 1.29. The number of halogens is 1. The molecule has 0 amide bonds. The van der Waals surface area contributed by atoms with Crippen molar-refractivity contribution in [3.8, 4) is 12.2 Å². The molecule has 0 spiro atoms. The summed E-state index contributed by atoms with van der Waals surface area (Å²) >= 11 is 6.69. The standard InChI is InChI=1S/C30H36ClN7O/c1-36-13-4-7-23(36)19-39-30-34-26-18-38(27-9-3-6-22-5-2-8-25(31)28(22)27)16-12-24(26)29(35-30)37-14-10-21(11-15-37)17-33-20-32/h2-3,5-6,8-9,21,23,33H,4,7,10-19H2,1H3/t23-/m0/s1. The van der Waals surface area contributed by atoms with E-state index >= 15 is 0 Å². The molecule has 3 aliphatic heterocycles. The van der Waals surface area contributed by atoms with Crippen LogP contribution in [0.2, 0.25) is 5.02 Å². The Bertz CT molecular complexity index is 1360. The topological polar surface area (TPSA) is 80.5 Å². The fourth-order valence-electron chi connectivity index (χ4n) is 6.36. The van der Waals surface area contributed by atoms with E-state index in [0.717, 1.165) is 91.4 Å². The third-order valence-corrected chi connectivity index (χ3v) is 8.97. The second kappa shape index (κ2) is 11.4. The number of aromatic nitrogens is 2. The van der Waals surface area contributed by atoms with Crippen LogP contribution in [-0.4, -0.2) is 67.3 Å². The Morgan fingerprint density at radius 1 is 1.05 bits per heavy atom. The summed E-state index contributed by atoms with van der Waals surface area (Å²) in [5.74, 6) is 1.54. The molecule has 1 atom stereocenters. The van der Waals surface area contributed by atoms with Crippen LogP contribution in [0.25, 0.3) is 10.8 Å². The van der Waals surface area contributed by atoms with E-state index in [0.29, 0.717) is 31.1 Å². The molecule has 39 heavy (non-hydrogen) atoms. The first-order valence-corrected chi connectivity index (χ1v) is 14.5. The van der Waals surface area contributed by atoms with Gasteiger partial charge in [0.25, 0.3) is 0 Å². The number of hydrogen-bond donors (Lipinski definition) is 1. The summed E-state index contributed by atoms with van der Waals surface area (Å²) in [6.07, 6.45) is 7.36. The number of benzene rings is 2. The molecule has 8 nitrogen and oxygen atoms in total. The lowest BCUT2D eigenvalue weighted by atomic mass is 9.95. The maximum absolute atomic E-state index is 8.90. The highest BCUT2D eigenvalue weighted by Crippen LogP contribution is 2.37. The molecule has 2 fully saturated rings. The zero-order chi connectivity index (χ0) is 26.8. The van der Waals surface area contributed by atoms with Crippen molar-refractivity contribution in [2.24, 2.45) is 5.92 Å². The van der Waals surface area contributed by atoms with Gasteiger partial charge in [0.05, 0.1) is 17.3 Å². The molecule has 0 unspecified atom stereocenters. The molecule has 2 saturated heterocycles. The van der Waals surface area contributed by atoms with Gasteiger partial charge >= 0.3 is 6.01 Å². The lowest BCUT2D eigenvalue weighted by molar-refractivity contribution is 0.187. The van der Waals surface area contributed by atoms with Crippen LogP contribution >= 0.6 is 11.6 Å². The summed E-state index contributed by atoms with van der Waals surface area (Å²) in [5, 5.41) is 14.7. The highest BCUT2D eigenvalue weighted by molar-refractivity contribution is 6.36. The second-order valence-corrected chi connectivity index (χ2v) is 11.5. The molecule has 0 radical (unpaired) electrons. The molecule has 0 aliphatic carbocycles. The van der Waals surface area contributed by atoms with Gasteiger partial charge < -0.3 is 24.8 Å². The lowest BCUT2D eigenvalue weighted by Gasteiger charge is -2.37. The van der Waals surface area contributed by atoms with Gasteiger partial charge in [-0.15, -0.1) is 0 Å². The van der Waals surface area contributed by atoms with E-state index in [-0.39, 0.29) is 0 Å². The van der Waals surface area contributed by atoms with Crippen LogP contribution in [0.15, 0.2) is 36.4 Å². The second-order valence-electron chi connectivity index (χ2n) is 11.1. The van der Waals surface area contributed by atoms with E-state index in [1.807, 2.05) is 12.1 Å². The van der Waals surface area contributed by atoms with Crippen LogP contribution in [0.4, 0.5) is 11.5 Å². The van der Waals surface area contributed by atoms with E-state index < -0.39 is 0 Å². The number of likely N-dealkylation sites (N-methyl/N-ethyl adjacent to an activating group) is 1. The Kier molecular flexibility index (Phi) is 7.62. The normalized spacial score (nSPS) is 20.2. The molecule has 204 valence electrons. The molecule has 6 rings (SSSR count). The maximum atomic E-state index is 8.90. The van der Waals surface area contributed by atoms with Crippen LogP contribution in [0, 0.1) is 17.4 Å². The van der Waals surface area contributed by atoms with Crippen molar-refractivity contribution in [1.29, 1.82) is 5.26 Å². The molecule has 3 aromatic rings. The smallest absolute Gasteiger partial charge is 0.318 e. The minimum atomic E-state index is 0.408. The number of nitrogens with one attached hydrogen (secondary N) is 1. The number of anilines is 2. The van der Waals surface area contributed by atoms with Gasteiger partial charge in [-0.3, -0.25) is 0 Å². The highest BCUT2D eigenvalue weighted by Gasteiger charge is 2.29. The quantitative estimate of drug-likeness (QED) is 0.341. The maximum Gasteiger partial charge on any atom is 0.318 e. The molecule has 0 bridgehead atoms. The fraction of sp³-hybridized carbons (Fsp3) is 0.500. The Hall–Kier alpha value is -3.28. The van der Waals surface area contributed by atoms with Gasteiger partial charge in [0, 0.05) is 48.9 Å². The van der Waals surface area contributed by atoms with Gasteiger partial charge in [-0.25, -0.2) is 0 Å². The fourth-order valence-corrected chi connectivity index (χ4v) is 6.64. The monoisotopic (exact) mass is 545 g/mol. The third kappa shape index (κ3) is 5.43. The predicted molar refractivity (Wildman–Crippen MR) is 155 cm³/mol. The minimum absolute atomic E-state index is 0.408. The number of rotatable bonds is 7. The van der Waals surface area contributed by atoms with Gasteiger partial charge in [-0.05, 0) is 69.1 Å². The molecule has 1 N–H and O–H groups in total. The number of nitriles is 1. The lowest BCUT2D eigenvalue weighted by Crippen LogP contribution is -2.39. The number of nitrogens with zero attached hydrogens (tertiary/aromatic N) is 6. The first kappa shape index (κ1) is 26.0. The zero-order valence-electron chi connectivity index (χ0n) is 22.6. The van der Waals surface area contributed by atoms with Crippen molar-refractivity contribution < 1.29 is 4.74 Å². The highest BCUT2D eigenvalue weighted by atomic mass is 35.5. The van der Waals surface area contributed by atoms with Crippen LogP contribution in [0.3, 0.4) is 0 Å². The van der Waals surface area contributed by atoms with Gasteiger partial charge in [0.2, 0.25) is 0 Å². The van der Waals surface area contributed by atoms with Crippen molar-refractivity contribution in [2.75, 3.05) is 56.2 Å². The van der Waals surface area contributed by atoms with E-state index in [1.165, 1.54) is 12.0 Å². The Labute approximate surface area is 235 Å². The van der Waals surface area contributed by atoms with E-state index in [2.05, 4.69) is 57.5 Å². The van der Waals surface area contributed by atoms with Crippen molar-refractivity contribution >= 4 is 33.9 Å². The zero-order valence-corrected chi connectivity index (χ0v) is 23.3. The molecule has 1 aromatic heterocycles. The molecular formula is C30H36ClN7O. The summed E-state index contributed by atoms with van der Waals surface area (Å²) < 4.78 is 6.29. The average molecular weight is 546 g/mol. The third-order valence-electron chi connectivity index (χ3n) is 8.66. The largest absolute Gasteiger partial charge is 0.462 e. The molecule has 4 heterocycles. The molecular weight excluding hydrogens is 510 g/mol. The van der Waals surface area contributed by atoms with Crippen LogP contribution < -0.4 is 19.9 Å². The van der Waals surface area contributed by atoms with Crippen LogP contribution in [0.1, 0.15) is 36.9 Å². The molecule has 0 saturated carbocycles. The van der Waals surface area contributed by atoms with E-state index in [9.17, 15) is 0 Å².